The van der Waals surface area contributed by atoms with Crippen molar-refractivity contribution < 1.29 is 14.3 Å². The summed E-state index contributed by atoms with van der Waals surface area (Å²) in [7, 11) is 1.28. The Hall–Kier alpha value is -3.85. The Morgan fingerprint density at radius 3 is 2.73 bits per heavy atom. The number of para-hydroxylation sites is 1. The lowest BCUT2D eigenvalue weighted by Crippen LogP contribution is -2.26. The summed E-state index contributed by atoms with van der Waals surface area (Å²) in [5.41, 5.74) is 6.76. The number of benzene rings is 1. The van der Waals surface area contributed by atoms with E-state index in [1.54, 1.807) is 19.1 Å². The number of nitrogens with two attached hydrogens (primary N) is 1. The van der Waals surface area contributed by atoms with E-state index in [9.17, 15) is 14.9 Å². The van der Waals surface area contributed by atoms with Crippen LogP contribution in [0, 0.1) is 11.3 Å². The molecule has 3 aromatic rings. The van der Waals surface area contributed by atoms with Crippen LogP contribution in [0.4, 0.5) is 11.8 Å². The molecule has 0 bridgehead atoms. The van der Waals surface area contributed by atoms with Crippen LogP contribution in [0.1, 0.15) is 18.5 Å². The number of nitrogens with zero attached hydrogens (tertiary/aromatic N) is 6. The molecular formula is C18H18N8O3S. The van der Waals surface area contributed by atoms with Crippen molar-refractivity contribution in [3.8, 4) is 11.8 Å². The second kappa shape index (κ2) is 9.10. The standard InChI is InChI=1S/C18H18N8O3S/c1-11(25-17(20)23-24-18(25)30-10-14(27)29-2)16(28)22-15-12(8-19)9-21-26(15)13-6-4-3-5-7-13/h3-7,9,11H,10H2,1-2H3,(H2,20,23)(H,22,28). The average molecular weight is 426 g/mol. The molecule has 3 rings (SSSR count). The molecule has 0 spiro atoms. The van der Waals surface area contributed by atoms with E-state index in [1.165, 1.54) is 22.6 Å². The fourth-order valence-corrected chi connectivity index (χ4v) is 3.44. The lowest BCUT2D eigenvalue weighted by atomic mass is 10.2. The van der Waals surface area contributed by atoms with Crippen LogP contribution in [0.3, 0.4) is 0 Å². The van der Waals surface area contributed by atoms with Crippen molar-refractivity contribution in [2.75, 3.05) is 23.9 Å². The topological polar surface area (TPSA) is 154 Å². The molecular weight excluding hydrogens is 408 g/mol. The number of esters is 1. The number of hydrogen-bond donors (Lipinski definition) is 2. The number of methoxy groups -OCH3 is 1. The van der Waals surface area contributed by atoms with Gasteiger partial charge in [-0.05, 0) is 19.1 Å². The highest BCUT2D eigenvalue weighted by Gasteiger charge is 2.25. The highest BCUT2D eigenvalue weighted by Crippen LogP contribution is 2.25. The minimum absolute atomic E-state index is 0.0116. The highest BCUT2D eigenvalue weighted by molar-refractivity contribution is 7.99. The Morgan fingerprint density at radius 2 is 2.07 bits per heavy atom. The Balaban J connectivity index is 1.86. The Kier molecular flexibility index (Phi) is 6.33. The van der Waals surface area contributed by atoms with E-state index in [0.29, 0.717) is 5.69 Å². The van der Waals surface area contributed by atoms with Crippen molar-refractivity contribution >= 4 is 35.4 Å². The van der Waals surface area contributed by atoms with E-state index >= 15 is 0 Å². The van der Waals surface area contributed by atoms with E-state index < -0.39 is 17.9 Å². The van der Waals surface area contributed by atoms with E-state index in [-0.39, 0.29) is 28.2 Å². The minimum Gasteiger partial charge on any atom is -0.468 e. The van der Waals surface area contributed by atoms with Gasteiger partial charge in [-0.3, -0.25) is 14.2 Å². The second-order valence-electron chi connectivity index (χ2n) is 6.01. The lowest BCUT2D eigenvalue weighted by Gasteiger charge is -2.17. The third-order valence-corrected chi connectivity index (χ3v) is 5.05. The minimum atomic E-state index is -0.828. The van der Waals surface area contributed by atoms with Gasteiger partial charge in [0.05, 0.1) is 24.7 Å². The van der Waals surface area contributed by atoms with Gasteiger partial charge in [0.15, 0.2) is 11.0 Å². The van der Waals surface area contributed by atoms with Crippen LogP contribution in [0.5, 0.6) is 0 Å². The summed E-state index contributed by atoms with van der Waals surface area (Å²) < 4.78 is 7.47. The molecule has 0 saturated heterocycles. The van der Waals surface area contributed by atoms with Gasteiger partial charge in [-0.25, -0.2) is 4.68 Å². The molecule has 2 heterocycles. The van der Waals surface area contributed by atoms with Crippen LogP contribution in [-0.2, 0) is 14.3 Å². The van der Waals surface area contributed by atoms with Crippen LogP contribution in [0.15, 0.2) is 41.7 Å². The first kappa shape index (κ1) is 20.9. The average Bonchev–Trinajstić information content (AvgIpc) is 3.34. The van der Waals surface area contributed by atoms with E-state index in [2.05, 4.69) is 25.3 Å². The molecule has 1 amide bonds. The van der Waals surface area contributed by atoms with Gasteiger partial charge in [-0.1, -0.05) is 30.0 Å². The van der Waals surface area contributed by atoms with Crippen molar-refractivity contribution in [1.29, 1.82) is 5.26 Å². The number of nitriles is 1. The summed E-state index contributed by atoms with van der Waals surface area (Å²) in [6.45, 7) is 1.60. The van der Waals surface area contributed by atoms with Crippen molar-refractivity contribution in [2.45, 2.75) is 18.1 Å². The second-order valence-corrected chi connectivity index (χ2v) is 6.95. The van der Waals surface area contributed by atoms with Crippen LogP contribution < -0.4 is 11.1 Å². The molecule has 11 nitrogen and oxygen atoms in total. The maximum Gasteiger partial charge on any atom is 0.316 e. The molecule has 12 heteroatoms. The summed E-state index contributed by atoms with van der Waals surface area (Å²) >= 11 is 1.05. The molecule has 0 aliphatic heterocycles. The summed E-state index contributed by atoms with van der Waals surface area (Å²) in [6, 6.07) is 10.3. The predicted molar refractivity (Wildman–Crippen MR) is 109 cm³/mol. The summed E-state index contributed by atoms with van der Waals surface area (Å²) in [5, 5.41) is 24.3. The summed E-state index contributed by atoms with van der Waals surface area (Å²) in [6.07, 6.45) is 1.37. The molecule has 1 aromatic carbocycles. The molecule has 3 N–H and O–H groups in total. The highest BCUT2D eigenvalue weighted by atomic mass is 32.2. The van der Waals surface area contributed by atoms with Crippen LogP contribution >= 0.6 is 11.8 Å². The largest absolute Gasteiger partial charge is 0.468 e. The fourth-order valence-electron chi connectivity index (χ4n) is 2.59. The maximum absolute atomic E-state index is 13.0. The number of carbonyl (C=O) groups excluding carboxylic acids is 2. The number of rotatable bonds is 7. The first-order valence-electron chi connectivity index (χ1n) is 8.70. The number of ether oxygens (including phenoxy) is 1. The van der Waals surface area contributed by atoms with Crippen LogP contribution in [0.25, 0.3) is 5.69 Å². The normalized spacial score (nSPS) is 11.5. The number of nitrogen functional groups attached to an aromatic ring is 1. The van der Waals surface area contributed by atoms with Gasteiger partial charge in [0.2, 0.25) is 11.9 Å². The zero-order valence-electron chi connectivity index (χ0n) is 16.1. The molecule has 0 radical (unpaired) electrons. The van der Waals surface area contributed by atoms with Crippen molar-refractivity contribution in [2.24, 2.45) is 0 Å². The molecule has 1 unspecified atom stereocenters. The van der Waals surface area contributed by atoms with Gasteiger partial charge in [-0.15, -0.1) is 10.2 Å². The SMILES string of the molecule is COC(=O)CSc1nnc(N)n1C(C)C(=O)Nc1c(C#N)cnn1-c1ccccc1. The Morgan fingerprint density at radius 1 is 1.33 bits per heavy atom. The first-order valence-corrected chi connectivity index (χ1v) is 9.69. The number of thioether (sulfide) groups is 1. The summed E-state index contributed by atoms with van der Waals surface area (Å²) in [5.74, 6) is -0.674. The van der Waals surface area contributed by atoms with Gasteiger partial charge < -0.3 is 15.8 Å². The van der Waals surface area contributed by atoms with Crippen LogP contribution in [-0.4, -0.2) is 49.3 Å². The van der Waals surface area contributed by atoms with Gasteiger partial charge >= 0.3 is 5.97 Å². The van der Waals surface area contributed by atoms with E-state index in [0.717, 1.165) is 11.8 Å². The van der Waals surface area contributed by atoms with Gasteiger partial charge in [0, 0.05) is 0 Å². The van der Waals surface area contributed by atoms with Gasteiger partial charge in [-0.2, -0.15) is 10.4 Å². The fraction of sp³-hybridized carbons (Fsp3) is 0.222. The number of anilines is 2. The molecule has 1 atom stereocenters. The molecule has 0 saturated carbocycles. The van der Waals surface area contributed by atoms with Crippen LogP contribution in [0.2, 0.25) is 0 Å². The molecule has 0 aliphatic rings. The number of carbonyl (C=O) groups is 2. The third kappa shape index (κ3) is 4.26. The van der Waals surface area contributed by atoms with Gasteiger partial charge in [0.1, 0.15) is 17.7 Å². The molecule has 154 valence electrons. The smallest absolute Gasteiger partial charge is 0.316 e. The zero-order valence-corrected chi connectivity index (χ0v) is 17.0. The lowest BCUT2D eigenvalue weighted by molar-refractivity contribution is -0.137. The van der Waals surface area contributed by atoms with Crippen molar-refractivity contribution in [1.82, 2.24) is 24.5 Å². The first-order chi connectivity index (χ1) is 14.5. The quantitative estimate of drug-likeness (QED) is 0.421. The molecule has 0 aliphatic carbocycles. The predicted octanol–water partition coefficient (Wildman–Crippen LogP) is 1.38. The number of amides is 1. The van der Waals surface area contributed by atoms with E-state index in [1.807, 2.05) is 24.3 Å². The molecule has 0 fully saturated rings. The monoisotopic (exact) mass is 426 g/mol. The van der Waals surface area contributed by atoms with Crippen molar-refractivity contribution in [3.05, 3.63) is 42.1 Å². The molecule has 30 heavy (non-hydrogen) atoms. The Bertz CT molecular complexity index is 1100. The number of aromatic nitrogens is 5. The third-order valence-electron chi connectivity index (χ3n) is 4.14. The molecule has 2 aromatic heterocycles. The number of nitrogens with one attached hydrogen (secondary N) is 1. The zero-order chi connectivity index (χ0) is 21.7. The number of hydrogen-bond acceptors (Lipinski definition) is 9. The van der Waals surface area contributed by atoms with Gasteiger partial charge in [0.25, 0.3) is 0 Å². The Labute approximate surface area is 175 Å². The summed E-state index contributed by atoms with van der Waals surface area (Å²) in [4.78, 5) is 24.4. The van der Waals surface area contributed by atoms with E-state index in [4.69, 9.17) is 5.73 Å². The van der Waals surface area contributed by atoms with Crippen molar-refractivity contribution in [3.63, 3.8) is 0 Å². The maximum atomic E-state index is 13.0.